The van der Waals surface area contributed by atoms with Crippen LogP contribution in [0.2, 0.25) is 0 Å². The highest BCUT2D eigenvalue weighted by molar-refractivity contribution is 9.10. The van der Waals surface area contributed by atoms with Crippen LogP contribution in [0.25, 0.3) is 0 Å². The van der Waals surface area contributed by atoms with E-state index in [9.17, 15) is 0 Å². The monoisotopic (exact) mass is 337 g/mol. The van der Waals surface area contributed by atoms with Gasteiger partial charge in [-0.25, -0.2) is 0 Å². The average molecular weight is 338 g/mol. The van der Waals surface area contributed by atoms with E-state index in [1.165, 1.54) is 0 Å². The first-order chi connectivity index (χ1) is 9.45. The van der Waals surface area contributed by atoms with E-state index >= 15 is 0 Å². The summed E-state index contributed by atoms with van der Waals surface area (Å²) in [4.78, 5) is 14.1. The second kappa shape index (κ2) is 6.04. The van der Waals surface area contributed by atoms with E-state index in [4.69, 9.17) is 10.5 Å². The van der Waals surface area contributed by atoms with Crippen LogP contribution in [0, 0.1) is 6.92 Å². The molecule has 0 saturated carbocycles. The summed E-state index contributed by atoms with van der Waals surface area (Å²) in [6.07, 6.45) is 0. The van der Waals surface area contributed by atoms with Crippen LogP contribution in [0.4, 0.5) is 11.9 Å². The minimum absolute atomic E-state index is 0.185. The highest BCUT2D eigenvalue weighted by Gasteiger charge is 2.08. The molecular formula is C13H16BrN5O. The fourth-order valence-electron chi connectivity index (χ4n) is 1.55. The Morgan fingerprint density at radius 1 is 1.25 bits per heavy atom. The van der Waals surface area contributed by atoms with E-state index in [1.54, 1.807) is 4.90 Å². The van der Waals surface area contributed by atoms with E-state index in [1.807, 2.05) is 39.2 Å². The first-order valence-corrected chi connectivity index (χ1v) is 6.81. The topological polar surface area (TPSA) is 77.2 Å². The van der Waals surface area contributed by atoms with Gasteiger partial charge in [0.1, 0.15) is 12.4 Å². The zero-order valence-corrected chi connectivity index (χ0v) is 13.2. The number of ether oxygens (including phenoxy) is 1. The van der Waals surface area contributed by atoms with Crippen LogP contribution in [-0.4, -0.2) is 29.0 Å². The Balaban J connectivity index is 2.14. The van der Waals surface area contributed by atoms with Crippen molar-refractivity contribution in [3.05, 3.63) is 34.1 Å². The fourth-order valence-corrected chi connectivity index (χ4v) is 2.16. The molecule has 1 aromatic heterocycles. The SMILES string of the molecule is Cc1ccc(OCc2nc(N)nc(N(C)C)n2)c(Br)c1. The van der Waals surface area contributed by atoms with Crippen molar-refractivity contribution in [1.29, 1.82) is 0 Å². The summed E-state index contributed by atoms with van der Waals surface area (Å²) in [5.74, 6) is 1.93. The van der Waals surface area contributed by atoms with Gasteiger partial charge in [-0.15, -0.1) is 0 Å². The van der Waals surface area contributed by atoms with Gasteiger partial charge in [-0.05, 0) is 40.5 Å². The Morgan fingerprint density at radius 2 is 2.00 bits per heavy atom. The van der Waals surface area contributed by atoms with Crippen molar-refractivity contribution in [2.45, 2.75) is 13.5 Å². The summed E-state index contributed by atoms with van der Waals surface area (Å²) in [6, 6.07) is 5.87. The summed E-state index contributed by atoms with van der Waals surface area (Å²) in [5.41, 5.74) is 6.82. The number of nitrogens with two attached hydrogens (primary N) is 1. The number of aromatic nitrogens is 3. The Kier molecular flexibility index (Phi) is 4.39. The number of rotatable bonds is 4. The minimum atomic E-state index is 0.185. The summed E-state index contributed by atoms with van der Waals surface area (Å²) < 4.78 is 6.59. The molecule has 1 aromatic carbocycles. The van der Waals surface area contributed by atoms with Crippen molar-refractivity contribution in [3.8, 4) is 5.75 Å². The molecule has 2 N–H and O–H groups in total. The molecule has 2 aromatic rings. The summed E-state index contributed by atoms with van der Waals surface area (Å²) in [7, 11) is 3.69. The van der Waals surface area contributed by atoms with Crippen molar-refractivity contribution < 1.29 is 4.74 Å². The molecule has 2 rings (SSSR count). The highest BCUT2D eigenvalue weighted by Crippen LogP contribution is 2.26. The smallest absolute Gasteiger partial charge is 0.230 e. The van der Waals surface area contributed by atoms with Crippen molar-refractivity contribution in [1.82, 2.24) is 15.0 Å². The van der Waals surface area contributed by atoms with E-state index < -0.39 is 0 Å². The lowest BCUT2D eigenvalue weighted by Gasteiger charge is -2.12. The Morgan fingerprint density at radius 3 is 2.65 bits per heavy atom. The lowest BCUT2D eigenvalue weighted by molar-refractivity contribution is 0.294. The standard InChI is InChI=1S/C13H16BrN5O/c1-8-4-5-10(9(14)6-8)20-7-11-16-12(15)18-13(17-11)19(2)3/h4-6H,7H2,1-3H3,(H2,15,16,17,18). The van der Waals surface area contributed by atoms with Crippen LogP contribution in [0.15, 0.2) is 22.7 Å². The van der Waals surface area contributed by atoms with Gasteiger partial charge >= 0.3 is 0 Å². The summed E-state index contributed by atoms with van der Waals surface area (Å²) in [5, 5.41) is 0. The van der Waals surface area contributed by atoms with E-state index in [-0.39, 0.29) is 12.6 Å². The van der Waals surface area contributed by atoms with E-state index in [2.05, 4.69) is 30.9 Å². The number of aryl methyl sites for hydroxylation is 1. The molecule has 0 aliphatic carbocycles. The maximum atomic E-state index is 5.69. The second-order valence-corrected chi connectivity index (χ2v) is 5.38. The van der Waals surface area contributed by atoms with Gasteiger partial charge < -0.3 is 15.4 Å². The normalized spacial score (nSPS) is 10.4. The van der Waals surface area contributed by atoms with Crippen molar-refractivity contribution in [2.24, 2.45) is 0 Å². The zero-order valence-electron chi connectivity index (χ0n) is 11.6. The van der Waals surface area contributed by atoms with Crippen molar-refractivity contribution in [2.75, 3.05) is 24.7 Å². The molecule has 7 heteroatoms. The van der Waals surface area contributed by atoms with Gasteiger partial charge in [0, 0.05) is 14.1 Å². The van der Waals surface area contributed by atoms with Crippen LogP contribution in [0.5, 0.6) is 5.75 Å². The molecule has 0 radical (unpaired) electrons. The summed E-state index contributed by atoms with van der Waals surface area (Å²) >= 11 is 3.46. The average Bonchev–Trinajstić information content (AvgIpc) is 2.37. The minimum Gasteiger partial charge on any atom is -0.484 e. The van der Waals surface area contributed by atoms with Gasteiger partial charge in [-0.1, -0.05) is 6.07 Å². The molecular weight excluding hydrogens is 322 g/mol. The van der Waals surface area contributed by atoms with Crippen LogP contribution in [0.1, 0.15) is 11.4 Å². The third kappa shape index (κ3) is 3.57. The zero-order chi connectivity index (χ0) is 14.7. The predicted molar refractivity (Wildman–Crippen MR) is 81.8 cm³/mol. The van der Waals surface area contributed by atoms with Crippen molar-refractivity contribution in [3.63, 3.8) is 0 Å². The first kappa shape index (κ1) is 14.5. The molecule has 0 spiro atoms. The number of anilines is 2. The van der Waals surface area contributed by atoms with Crippen LogP contribution in [-0.2, 0) is 6.61 Å². The van der Waals surface area contributed by atoms with Gasteiger partial charge in [0.05, 0.1) is 4.47 Å². The quantitative estimate of drug-likeness (QED) is 0.921. The van der Waals surface area contributed by atoms with Gasteiger partial charge in [0.15, 0.2) is 5.82 Å². The largest absolute Gasteiger partial charge is 0.484 e. The third-order valence-electron chi connectivity index (χ3n) is 2.53. The second-order valence-electron chi connectivity index (χ2n) is 4.53. The molecule has 0 bridgehead atoms. The van der Waals surface area contributed by atoms with Crippen LogP contribution < -0.4 is 15.4 Å². The molecule has 0 amide bonds. The third-order valence-corrected chi connectivity index (χ3v) is 3.15. The number of hydrogen-bond acceptors (Lipinski definition) is 6. The van der Waals surface area contributed by atoms with Crippen LogP contribution >= 0.6 is 15.9 Å². The maximum Gasteiger partial charge on any atom is 0.230 e. The molecule has 1 heterocycles. The molecule has 0 unspecified atom stereocenters. The Hall–Kier alpha value is -1.89. The van der Waals surface area contributed by atoms with Gasteiger partial charge in [0.25, 0.3) is 0 Å². The predicted octanol–water partition coefficient (Wildman–Crippen LogP) is 2.17. The maximum absolute atomic E-state index is 5.69. The molecule has 106 valence electrons. The van der Waals surface area contributed by atoms with Crippen molar-refractivity contribution >= 4 is 27.8 Å². The van der Waals surface area contributed by atoms with E-state index in [0.717, 1.165) is 15.8 Å². The molecule has 0 atom stereocenters. The highest BCUT2D eigenvalue weighted by atomic mass is 79.9. The summed E-state index contributed by atoms with van der Waals surface area (Å²) in [6.45, 7) is 2.25. The molecule has 6 nitrogen and oxygen atoms in total. The molecule has 0 saturated heterocycles. The number of hydrogen-bond donors (Lipinski definition) is 1. The Bertz CT molecular complexity index is 618. The molecule has 0 fully saturated rings. The fraction of sp³-hybridized carbons (Fsp3) is 0.308. The molecule has 0 aliphatic heterocycles. The number of nitrogens with zero attached hydrogens (tertiary/aromatic N) is 4. The van der Waals surface area contributed by atoms with Gasteiger partial charge in [-0.3, -0.25) is 0 Å². The van der Waals surface area contributed by atoms with Crippen LogP contribution in [0.3, 0.4) is 0 Å². The lowest BCUT2D eigenvalue weighted by atomic mass is 10.2. The number of halogens is 1. The molecule has 20 heavy (non-hydrogen) atoms. The number of benzene rings is 1. The van der Waals surface area contributed by atoms with Gasteiger partial charge in [0.2, 0.25) is 11.9 Å². The van der Waals surface area contributed by atoms with E-state index in [0.29, 0.717) is 11.8 Å². The lowest BCUT2D eigenvalue weighted by Crippen LogP contribution is -2.16. The first-order valence-electron chi connectivity index (χ1n) is 6.02. The Labute approximate surface area is 126 Å². The molecule has 0 aliphatic rings. The number of nitrogen functional groups attached to an aromatic ring is 1. The van der Waals surface area contributed by atoms with Gasteiger partial charge in [-0.2, -0.15) is 15.0 Å².